The highest BCUT2D eigenvalue weighted by atomic mass is 35.5. The number of carbonyl (C=O) groups is 2. The smallest absolute Gasteiger partial charge is 0.261 e. The summed E-state index contributed by atoms with van der Waals surface area (Å²) in [6.07, 6.45) is 0.393. The van der Waals surface area contributed by atoms with Crippen molar-refractivity contribution in [1.82, 2.24) is 10.2 Å². The third-order valence-corrected chi connectivity index (χ3v) is 5.62. The van der Waals surface area contributed by atoms with Crippen LogP contribution < -0.4 is 10.1 Å². The minimum Gasteiger partial charge on any atom is -0.482 e. The van der Waals surface area contributed by atoms with Crippen molar-refractivity contribution < 1.29 is 14.3 Å². The summed E-state index contributed by atoms with van der Waals surface area (Å²) in [4.78, 5) is 27.9. The van der Waals surface area contributed by atoms with Crippen molar-refractivity contribution in [2.75, 3.05) is 13.7 Å². The van der Waals surface area contributed by atoms with E-state index in [0.717, 1.165) is 16.7 Å². The highest BCUT2D eigenvalue weighted by molar-refractivity contribution is 6.32. The topological polar surface area (TPSA) is 58.6 Å². The van der Waals surface area contributed by atoms with Gasteiger partial charge >= 0.3 is 0 Å². The third kappa shape index (κ3) is 6.11. The molecule has 166 valence electrons. The zero-order valence-electron chi connectivity index (χ0n) is 18.3. The maximum absolute atomic E-state index is 13.4. The van der Waals surface area contributed by atoms with Crippen LogP contribution in [0, 0.1) is 6.92 Å². The number of rotatable bonds is 9. The molecule has 3 aromatic carbocycles. The lowest BCUT2D eigenvalue weighted by Gasteiger charge is -2.31. The highest BCUT2D eigenvalue weighted by Crippen LogP contribution is 2.23. The maximum atomic E-state index is 13.4. The zero-order valence-corrected chi connectivity index (χ0v) is 19.0. The molecule has 3 rings (SSSR count). The number of hydrogen-bond acceptors (Lipinski definition) is 3. The summed E-state index contributed by atoms with van der Waals surface area (Å²) in [5.41, 5.74) is 2.99. The first-order valence-corrected chi connectivity index (χ1v) is 10.8. The van der Waals surface area contributed by atoms with Gasteiger partial charge in [-0.05, 0) is 35.7 Å². The Morgan fingerprint density at radius 3 is 2.31 bits per heavy atom. The summed E-state index contributed by atoms with van der Waals surface area (Å²) in [6.45, 7) is 2.06. The van der Waals surface area contributed by atoms with E-state index in [-0.39, 0.29) is 18.4 Å². The predicted molar refractivity (Wildman–Crippen MR) is 127 cm³/mol. The molecule has 5 nitrogen and oxygen atoms in total. The molecule has 0 aromatic heterocycles. The fourth-order valence-electron chi connectivity index (χ4n) is 3.48. The molecule has 0 saturated carbocycles. The number of benzene rings is 3. The number of carbonyl (C=O) groups excluding carboxylic acids is 2. The Labute approximate surface area is 194 Å². The van der Waals surface area contributed by atoms with Crippen LogP contribution in [0.2, 0.25) is 5.02 Å². The van der Waals surface area contributed by atoms with E-state index in [9.17, 15) is 9.59 Å². The van der Waals surface area contributed by atoms with E-state index < -0.39 is 6.04 Å². The van der Waals surface area contributed by atoms with Crippen LogP contribution in [0.15, 0.2) is 78.9 Å². The van der Waals surface area contributed by atoms with Crippen LogP contribution in [-0.2, 0) is 22.6 Å². The average Bonchev–Trinajstić information content (AvgIpc) is 2.82. The van der Waals surface area contributed by atoms with Crippen molar-refractivity contribution in [1.29, 1.82) is 0 Å². The Morgan fingerprint density at radius 1 is 0.969 bits per heavy atom. The van der Waals surface area contributed by atoms with Crippen LogP contribution in [0.1, 0.15) is 16.7 Å². The molecular formula is C26H27ClN2O3. The summed E-state index contributed by atoms with van der Waals surface area (Å²) < 4.78 is 5.71. The number of hydrogen-bond donors (Lipinski definition) is 1. The first kappa shape index (κ1) is 23.4. The molecule has 0 radical (unpaired) electrons. The van der Waals surface area contributed by atoms with E-state index in [1.807, 2.05) is 61.5 Å². The van der Waals surface area contributed by atoms with Gasteiger partial charge in [-0.1, -0.05) is 78.3 Å². The summed E-state index contributed by atoms with van der Waals surface area (Å²) in [5.74, 6) is -0.0934. The first-order chi connectivity index (χ1) is 15.5. The van der Waals surface area contributed by atoms with Crippen molar-refractivity contribution >= 4 is 23.4 Å². The van der Waals surface area contributed by atoms with E-state index in [1.54, 1.807) is 36.2 Å². The van der Waals surface area contributed by atoms with Gasteiger partial charge in [0, 0.05) is 20.0 Å². The quantitative estimate of drug-likeness (QED) is 0.525. The van der Waals surface area contributed by atoms with Crippen molar-refractivity contribution in [2.45, 2.75) is 25.9 Å². The molecule has 0 heterocycles. The Bertz CT molecular complexity index is 1060. The molecule has 3 aromatic rings. The lowest BCUT2D eigenvalue weighted by Crippen LogP contribution is -2.51. The molecular weight excluding hydrogens is 424 g/mol. The Morgan fingerprint density at radius 2 is 1.62 bits per heavy atom. The van der Waals surface area contributed by atoms with Gasteiger partial charge in [0.1, 0.15) is 11.8 Å². The minimum absolute atomic E-state index is 0.224. The largest absolute Gasteiger partial charge is 0.482 e. The minimum atomic E-state index is -0.690. The Balaban J connectivity index is 1.89. The number of nitrogens with zero attached hydrogens (tertiary/aromatic N) is 1. The Hall–Kier alpha value is -3.31. The second-order valence-corrected chi connectivity index (χ2v) is 7.89. The summed E-state index contributed by atoms with van der Waals surface area (Å²) in [5, 5.41) is 3.14. The summed E-state index contributed by atoms with van der Waals surface area (Å²) in [7, 11) is 1.58. The molecule has 0 aliphatic heterocycles. The number of halogens is 1. The second-order valence-electron chi connectivity index (χ2n) is 7.49. The van der Waals surface area contributed by atoms with Gasteiger partial charge in [0.25, 0.3) is 5.91 Å². The van der Waals surface area contributed by atoms with Gasteiger partial charge in [0.2, 0.25) is 5.91 Å². The number of ether oxygens (including phenoxy) is 1. The second kappa shape index (κ2) is 11.3. The highest BCUT2D eigenvalue weighted by Gasteiger charge is 2.30. The first-order valence-electron chi connectivity index (χ1n) is 10.5. The number of para-hydroxylation sites is 1. The lowest BCUT2D eigenvalue weighted by atomic mass is 10.0. The zero-order chi connectivity index (χ0) is 22.9. The summed E-state index contributed by atoms with van der Waals surface area (Å²) >= 11 is 6.17. The van der Waals surface area contributed by atoms with E-state index in [4.69, 9.17) is 16.3 Å². The maximum Gasteiger partial charge on any atom is 0.261 e. The summed E-state index contributed by atoms with van der Waals surface area (Å²) in [6, 6.07) is 23.8. The Kier molecular flexibility index (Phi) is 8.28. The van der Waals surface area contributed by atoms with E-state index >= 15 is 0 Å². The van der Waals surface area contributed by atoms with Gasteiger partial charge in [-0.3, -0.25) is 9.59 Å². The molecule has 6 heteroatoms. The van der Waals surface area contributed by atoms with Gasteiger partial charge in [-0.15, -0.1) is 0 Å². The number of amides is 2. The van der Waals surface area contributed by atoms with E-state index in [0.29, 0.717) is 23.7 Å². The number of nitrogens with one attached hydrogen (secondary N) is 1. The van der Waals surface area contributed by atoms with E-state index in [2.05, 4.69) is 5.32 Å². The van der Waals surface area contributed by atoms with Crippen LogP contribution in [-0.4, -0.2) is 36.4 Å². The van der Waals surface area contributed by atoms with Gasteiger partial charge in [-0.2, -0.15) is 0 Å². The third-order valence-electron chi connectivity index (χ3n) is 5.31. The monoisotopic (exact) mass is 450 g/mol. The molecule has 0 aliphatic rings. The lowest BCUT2D eigenvalue weighted by molar-refractivity contribution is -0.142. The van der Waals surface area contributed by atoms with Crippen molar-refractivity contribution in [3.8, 4) is 5.75 Å². The number of likely N-dealkylation sites (N-methyl/N-ethyl adjacent to an activating group) is 1. The standard InChI is InChI=1S/C26H27ClN2O3/c1-19-10-6-7-13-21(19)17-29(25(30)18-32-24-15-9-8-14-22(24)27)23(26(31)28-2)16-20-11-4-3-5-12-20/h3-15,23H,16-18H2,1-2H3,(H,28,31). The van der Waals surface area contributed by atoms with Gasteiger partial charge < -0.3 is 15.0 Å². The van der Waals surface area contributed by atoms with Crippen LogP contribution in [0.25, 0.3) is 0 Å². The van der Waals surface area contributed by atoms with Crippen LogP contribution in [0.4, 0.5) is 0 Å². The number of aryl methyl sites for hydroxylation is 1. The van der Waals surface area contributed by atoms with Crippen LogP contribution in [0.3, 0.4) is 0 Å². The fourth-order valence-corrected chi connectivity index (χ4v) is 3.67. The molecule has 1 N–H and O–H groups in total. The van der Waals surface area contributed by atoms with E-state index in [1.165, 1.54) is 0 Å². The predicted octanol–water partition coefficient (Wildman–Crippen LogP) is 4.41. The van der Waals surface area contributed by atoms with Crippen molar-refractivity contribution in [3.63, 3.8) is 0 Å². The molecule has 32 heavy (non-hydrogen) atoms. The normalized spacial score (nSPS) is 11.5. The molecule has 0 spiro atoms. The molecule has 1 atom stereocenters. The molecule has 0 fully saturated rings. The molecule has 2 amide bonds. The van der Waals surface area contributed by atoms with Crippen molar-refractivity contribution in [2.24, 2.45) is 0 Å². The van der Waals surface area contributed by atoms with Crippen molar-refractivity contribution in [3.05, 3.63) is 101 Å². The molecule has 0 aliphatic carbocycles. The van der Waals surface area contributed by atoms with Gasteiger partial charge in [0.15, 0.2) is 6.61 Å². The van der Waals surface area contributed by atoms with Crippen LogP contribution in [0.5, 0.6) is 5.75 Å². The SMILES string of the molecule is CNC(=O)C(Cc1ccccc1)N(Cc1ccccc1C)C(=O)COc1ccccc1Cl. The molecule has 1 unspecified atom stereocenters. The molecule has 0 bridgehead atoms. The molecule has 0 saturated heterocycles. The van der Waals surface area contributed by atoms with Gasteiger partial charge in [0.05, 0.1) is 5.02 Å². The average molecular weight is 451 g/mol. The fraction of sp³-hybridized carbons (Fsp3) is 0.231. The van der Waals surface area contributed by atoms with Crippen LogP contribution >= 0.6 is 11.6 Å². The van der Waals surface area contributed by atoms with Gasteiger partial charge in [-0.25, -0.2) is 0 Å².